The molecule has 1 unspecified atom stereocenters. The predicted molar refractivity (Wildman–Crippen MR) is 78.1 cm³/mol. The van der Waals surface area contributed by atoms with E-state index in [0.717, 1.165) is 12.2 Å². The minimum atomic E-state index is -3.63. The van der Waals surface area contributed by atoms with Crippen LogP contribution in [0.4, 0.5) is 0 Å². The molecule has 0 aliphatic heterocycles. The Balaban J connectivity index is 2.09. The van der Waals surface area contributed by atoms with E-state index in [1.165, 1.54) is 12.4 Å². The summed E-state index contributed by atoms with van der Waals surface area (Å²) in [6.45, 7) is 4.68. The molecule has 0 saturated carbocycles. The summed E-state index contributed by atoms with van der Waals surface area (Å²) in [5.74, 6) is 1.32. The Labute approximate surface area is 124 Å². The van der Waals surface area contributed by atoms with Crippen LogP contribution in [0.2, 0.25) is 0 Å². The highest BCUT2D eigenvalue weighted by atomic mass is 32.2. The Hall–Kier alpha value is -1.64. The van der Waals surface area contributed by atoms with E-state index in [1.54, 1.807) is 23.7 Å². The van der Waals surface area contributed by atoms with Gasteiger partial charge in [0, 0.05) is 12.7 Å². The molecule has 0 bridgehead atoms. The Bertz CT molecular complexity index is 690. The first-order valence-corrected chi connectivity index (χ1v) is 8.22. The summed E-state index contributed by atoms with van der Waals surface area (Å²) in [7, 11) is -3.63. The summed E-state index contributed by atoms with van der Waals surface area (Å²) in [6, 6.07) is 3.11. The van der Waals surface area contributed by atoms with E-state index in [4.69, 9.17) is 10.2 Å². The molecule has 2 aromatic heterocycles. The molecule has 7 nitrogen and oxygen atoms in total. The number of hydrogen-bond acceptors (Lipinski definition) is 5. The van der Waals surface area contributed by atoms with E-state index in [2.05, 4.69) is 9.82 Å². The first-order valence-electron chi connectivity index (χ1n) is 6.73. The van der Waals surface area contributed by atoms with Gasteiger partial charge in [0.1, 0.15) is 16.4 Å². The monoisotopic (exact) mass is 312 g/mol. The third kappa shape index (κ3) is 3.93. The van der Waals surface area contributed by atoms with Gasteiger partial charge in [-0.3, -0.25) is 4.68 Å². The molecule has 1 atom stereocenters. The fraction of sp³-hybridized carbons (Fsp3) is 0.462. The van der Waals surface area contributed by atoms with Gasteiger partial charge in [-0.1, -0.05) is 0 Å². The summed E-state index contributed by atoms with van der Waals surface area (Å²) in [6.07, 6.45) is 3.58. The van der Waals surface area contributed by atoms with Gasteiger partial charge in [-0.05, 0) is 38.9 Å². The first kappa shape index (κ1) is 15.7. The molecular formula is C13H20N4O3S. The molecule has 0 fully saturated rings. The van der Waals surface area contributed by atoms with Gasteiger partial charge in [0.2, 0.25) is 10.0 Å². The normalized spacial score (nSPS) is 13.5. The summed E-state index contributed by atoms with van der Waals surface area (Å²) in [4.78, 5) is 0.134. The van der Waals surface area contributed by atoms with E-state index in [0.29, 0.717) is 18.8 Å². The summed E-state index contributed by atoms with van der Waals surface area (Å²) in [5, 5.41) is 4.02. The second kappa shape index (κ2) is 6.42. The Kier molecular flexibility index (Phi) is 4.81. The van der Waals surface area contributed by atoms with Crippen molar-refractivity contribution in [1.82, 2.24) is 14.5 Å². The number of nitrogens with one attached hydrogen (secondary N) is 1. The minimum absolute atomic E-state index is 0.134. The molecule has 0 aliphatic carbocycles. The quantitative estimate of drug-likeness (QED) is 0.799. The van der Waals surface area contributed by atoms with Crippen molar-refractivity contribution < 1.29 is 12.8 Å². The second-order valence-electron chi connectivity index (χ2n) is 4.87. The minimum Gasteiger partial charge on any atom is -0.465 e. The molecule has 0 saturated heterocycles. The van der Waals surface area contributed by atoms with Gasteiger partial charge in [0.25, 0.3) is 0 Å². The van der Waals surface area contributed by atoms with Crippen LogP contribution in [0.1, 0.15) is 30.9 Å². The van der Waals surface area contributed by atoms with Crippen molar-refractivity contribution in [3.05, 3.63) is 36.0 Å². The lowest BCUT2D eigenvalue weighted by Crippen LogP contribution is -2.26. The number of nitrogens with zero attached hydrogens (tertiary/aromatic N) is 2. The predicted octanol–water partition coefficient (Wildman–Crippen LogP) is 1.17. The zero-order valence-electron chi connectivity index (χ0n) is 12.1. The van der Waals surface area contributed by atoms with Crippen molar-refractivity contribution in [2.24, 2.45) is 5.73 Å². The molecule has 8 heteroatoms. The van der Waals surface area contributed by atoms with Crippen molar-refractivity contribution in [1.29, 1.82) is 0 Å². The largest absolute Gasteiger partial charge is 0.465 e. The third-order valence-corrected chi connectivity index (χ3v) is 4.53. The molecule has 0 radical (unpaired) electrons. The number of aryl methyl sites for hydroxylation is 2. The van der Waals surface area contributed by atoms with Crippen molar-refractivity contribution in [3.63, 3.8) is 0 Å². The van der Waals surface area contributed by atoms with E-state index >= 15 is 0 Å². The molecule has 0 aliphatic rings. The van der Waals surface area contributed by atoms with E-state index in [-0.39, 0.29) is 4.90 Å². The number of aromatic nitrogens is 2. The smallest absolute Gasteiger partial charge is 0.244 e. The number of nitrogens with two attached hydrogens (primary N) is 1. The number of rotatable bonds is 7. The summed E-state index contributed by atoms with van der Waals surface area (Å²) < 4.78 is 34.1. The highest BCUT2D eigenvalue weighted by Crippen LogP contribution is 2.18. The maximum Gasteiger partial charge on any atom is 0.244 e. The number of hydrogen-bond donors (Lipinski definition) is 2. The molecule has 2 heterocycles. The van der Waals surface area contributed by atoms with Crippen molar-refractivity contribution in [2.75, 3.05) is 6.54 Å². The van der Waals surface area contributed by atoms with Crippen LogP contribution in [-0.4, -0.2) is 24.7 Å². The highest BCUT2D eigenvalue weighted by Gasteiger charge is 2.21. The van der Waals surface area contributed by atoms with E-state index < -0.39 is 16.1 Å². The van der Waals surface area contributed by atoms with E-state index in [1.807, 2.05) is 6.92 Å². The lowest BCUT2D eigenvalue weighted by Gasteiger charge is -2.10. The first-order chi connectivity index (χ1) is 9.92. The Morgan fingerprint density at radius 3 is 2.86 bits per heavy atom. The van der Waals surface area contributed by atoms with Crippen LogP contribution in [0.15, 0.2) is 33.8 Å². The van der Waals surface area contributed by atoms with Crippen molar-refractivity contribution in [3.8, 4) is 0 Å². The van der Waals surface area contributed by atoms with Crippen LogP contribution in [-0.2, 0) is 16.6 Å². The molecule has 2 rings (SSSR count). The van der Waals surface area contributed by atoms with Gasteiger partial charge in [-0.15, -0.1) is 0 Å². The molecule has 0 aromatic carbocycles. The Morgan fingerprint density at radius 2 is 2.24 bits per heavy atom. The van der Waals surface area contributed by atoms with Gasteiger partial charge in [-0.2, -0.15) is 5.10 Å². The van der Waals surface area contributed by atoms with Crippen LogP contribution in [0.3, 0.4) is 0 Å². The maximum absolute atomic E-state index is 12.3. The molecule has 0 amide bonds. The fourth-order valence-corrected chi connectivity index (χ4v) is 3.07. The molecule has 2 aromatic rings. The molecule has 116 valence electrons. The zero-order valence-corrected chi connectivity index (χ0v) is 12.9. The lowest BCUT2D eigenvalue weighted by molar-refractivity contribution is 0.441. The zero-order chi connectivity index (χ0) is 15.5. The SMILES string of the molecule is Cc1ccc(C(C)NS(=O)(=O)c2cnn(CCCN)c2)o1. The lowest BCUT2D eigenvalue weighted by atomic mass is 10.3. The van der Waals surface area contributed by atoms with E-state index in [9.17, 15) is 8.42 Å². The van der Waals surface area contributed by atoms with Gasteiger partial charge in [-0.25, -0.2) is 13.1 Å². The highest BCUT2D eigenvalue weighted by molar-refractivity contribution is 7.89. The maximum atomic E-state index is 12.3. The molecule has 21 heavy (non-hydrogen) atoms. The fourth-order valence-electron chi connectivity index (χ4n) is 1.90. The Morgan fingerprint density at radius 1 is 1.48 bits per heavy atom. The molecular weight excluding hydrogens is 292 g/mol. The van der Waals surface area contributed by atoms with Crippen LogP contribution in [0.25, 0.3) is 0 Å². The van der Waals surface area contributed by atoms with Crippen LogP contribution in [0.5, 0.6) is 0 Å². The van der Waals surface area contributed by atoms with Gasteiger partial charge < -0.3 is 10.2 Å². The summed E-state index contributed by atoms with van der Waals surface area (Å²) >= 11 is 0. The molecule has 0 spiro atoms. The summed E-state index contributed by atoms with van der Waals surface area (Å²) in [5.41, 5.74) is 5.42. The topological polar surface area (TPSA) is 103 Å². The molecule has 3 N–H and O–H groups in total. The van der Waals surface area contributed by atoms with Crippen molar-refractivity contribution in [2.45, 2.75) is 37.8 Å². The third-order valence-electron chi connectivity index (χ3n) is 3.03. The number of sulfonamides is 1. The van der Waals surface area contributed by atoms with Gasteiger partial charge in [0.15, 0.2) is 0 Å². The second-order valence-corrected chi connectivity index (χ2v) is 6.59. The van der Waals surface area contributed by atoms with Crippen molar-refractivity contribution >= 4 is 10.0 Å². The number of furan rings is 1. The van der Waals surface area contributed by atoms with Crippen LogP contribution < -0.4 is 10.5 Å². The standard InChI is InChI=1S/C13H20N4O3S/c1-10-4-5-13(20-10)11(2)16-21(18,19)12-8-15-17(9-12)7-3-6-14/h4-5,8-9,11,16H,3,6-7,14H2,1-2H3. The average Bonchev–Trinajstić information content (AvgIpc) is 3.05. The average molecular weight is 312 g/mol. The van der Waals surface area contributed by atoms with Crippen LogP contribution >= 0.6 is 0 Å². The van der Waals surface area contributed by atoms with Crippen LogP contribution in [0, 0.1) is 6.92 Å². The van der Waals surface area contributed by atoms with Gasteiger partial charge >= 0.3 is 0 Å². The van der Waals surface area contributed by atoms with Gasteiger partial charge in [0.05, 0.1) is 12.2 Å².